The van der Waals surface area contributed by atoms with Crippen molar-refractivity contribution in [3.05, 3.63) is 56.0 Å². The van der Waals surface area contributed by atoms with Gasteiger partial charge in [0.2, 0.25) is 0 Å². The second-order valence-corrected chi connectivity index (χ2v) is 8.06. The van der Waals surface area contributed by atoms with Crippen LogP contribution >= 0.6 is 0 Å². The molecular weight excluding hydrogens is 384 g/mol. The average molecular weight is 410 g/mol. The molecule has 3 aromatic rings. The number of amides is 2. The van der Waals surface area contributed by atoms with Crippen molar-refractivity contribution >= 4 is 22.9 Å². The molecule has 0 aliphatic carbocycles. The summed E-state index contributed by atoms with van der Waals surface area (Å²) in [6.07, 6.45) is 1.68. The summed E-state index contributed by atoms with van der Waals surface area (Å²) < 4.78 is 2.43. The standard InChI is InChI=1S/C21H26N6O3/c1-12-7-8-15(13(2)10-12)22-20(29)27-9-5-6-14(11-27)17-23-16-18(24-17)25(3)21(30)26(4)19(16)28/h7-8,10,14H,5-6,9,11H2,1-4H3,(H,22,29)(H,23,24). The monoisotopic (exact) mass is 410 g/mol. The van der Waals surface area contributed by atoms with Crippen molar-refractivity contribution in [2.75, 3.05) is 18.4 Å². The predicted molar refractivity (Wildman–Crippen MR) is 115 cm³/mol. The number of hydrogen-bond acceptors (Lipinski definition) is 4. The maximum Gasteiger partial charge on any atom is 0.332 e. The first-order chi connectivity index (χ1) is 14.3. The number of nitrogens with one attached hydrogen (secondary N) is 2. The number of hydrogen-bond donors (Lipinski definition) is 2. The number of benzene rings is 1. The number of rotatable bonds is 2. The number of carbonyl (C=O) groups is 1. The van der Waals surface area contributed by atoms with E-state index in [1.165, 1.54) is 11.6 Å². The van der Waals surface area contributed by atoms with Gasteiger partial charge >= 0.3 is 11.7 Å². The van der Waals surface area contributed by atoms with Gasteiger partial charge in [0.25, 0.3) is 5.56 Å². The number of nitrogens with zero attached hydrogens (tertiary/aromatic N) is 4. The minimum Gasteiger partial charge on any atom is -0.336 e. The average Bonchev–Trinajstić information content (AvgIpc) is 3.18. The van der Waals surface area contributed by atoms with Crippen molar-refractivity contribution in [3.8, 4) is 0 Å². The molecule has 1 aliphatic rings. The Bertz CT molecular complexity index is 1250. The molecular formula is C21H26N6O3. The zero-order valence-corrected chi connectivity index (χ0v) is 17.7. The number of aryl methyl sites for hydroxylation is 3. The van der Waals surface area contributed by atoms with Crippen LogP contribution in [0.15, 0.2) is 27.8 Å². The number of aromatic nitrogens is 4. The molecule has 158 valence electrons. The van der Waals surface area contributed by atoms with Crippen LogP contribution in [0.4, 0.5) is 10.5 Å². The van der Waals surface area contributed by atoms with E-state index in [0.29, 0.717) is 30.1 Å². The van der Waals surface area contributed by atoms with Gasteiger partial charge in [-0.2, -0.15) is 0 Å². The topological polar surface area (TPSA) is 105 Å². The van der Waals surface area contributed by atoms with Crippen LogP contribution in [-0.2, 0) is 14.1 Å². The summed E-state index contributed by atoms with van der Waals surface area (Å²) in [5.74, 6) is 0.600. The molecule has 3 heterocycles. The van der Waals surface area contributed by atoms with Crippen LogP contribution in [0.2, 0.25) is 0 Å². The quantitative estimate of drug-likeness (QED) is 0.674. The normalized spacial score (nSPS) is 16.8. The first-order valence-corrected chi connectivity index (χ1v) is 10.0. The number of piperidine rings is 1. The van der Waals surface area contributed by atoms with Crippen molar-refractivity contribution in [1.29, 1.82) is 0 Å². The van der Waals surface area contributed by atoms with Gasteiger partial charge in [-0.15, -0.1) is 0 Å². The van der Waals surface area contributed by atoms with E-state index in [9.17, 15) is 14.4 Å². The Morgan fingerprint density at radius 2 is 1.97 bits per heavy atom. The van der Waals surface area contributed by atoms with Gasteiger partial charge in [-0.3, -0.25) is 13.9 Å². The molecule has 1 fully saturated rings. The van der Waals surface area contributed by atoms with Crippen molar-refractivity contribution in [3.63, 3.8) is 0 Å². The van der Waals surface area contributed by atoms with Crippen LogP contribution in [0.25, 0.3) is 11.2 Å². The maximum absolute atomic E-state index is 12.8. The van der Waals surface area contributed by atoms with E-state index < -0.39 is 11.2 Å². The number of fused-ring (bicyclic) bond motifs is 1. The Kier molecular flexibility index (Phi) is 4.97. The molecule has 0 radical (unpaired) electrons. The Labute approximate surface area is 173 Å². The van der Waals surface area contributed by atoms with Crippen LogP contribution in [-0.4, -0.2) is 43.1 Å². The highest BCUT2D eigenvalue weighted by molar-refractivity contribution is 5.90. The molecule has 2 N–H and O–H groups in total. The number of aromatic amines is 1. The summed E-state index contributed by atoms with van der Waals surface area (Å²) >= 11 is 0. The SMILES string of the molecule is Cc1ccc(NC(=O)N2CCCC(c3nc4c([nH]3)c(=O)n(C)c(=O)n4C)C2)c(C)c1. The molecule has 2 amide bonds. The molecule has 0 spiro atoms. The lowest BCUT2D eigenvalue weighted by molar-refractivity contribution is 0.191. The van der Waals surface area contributed by atoms with E-state index in [4.69, 9.17) is 0 Å². The molecule has 1 aliphatic heterocycles. The summed E-state index contributed by atoms with van der Waals surface area (Å²) in [4.78, 5) is 46.8. The highest BCUT2D eigenvalue weighted by Crippen LogP contribution is 2.26. The Morgan fingerprint density at radius 1 is 1.20 bits per heavy atom. The lowest BCUT2D eigenvalue weighted by Gasteiger charge is -2.32. The zero-order valence-electron chi connectivity index (χ0n) is 17.7. The van der Waals surface area contributed by atoms with Crippen LogP contribution in [0.3, 0.4) is 0 Å². The predicted octanol–water partition coefficient (Wildman–Crippen LogP) is 1.99. The van der Waals surface area contributed by atoms with E-state index >= 15 is 0 Å². The second-order valence-electron chi connectivity index (χ2n) is 8.06. The summed E-state index contributed by atoms with van der Waals surface area (Å²) in [5, 5.41) is 3.00. The molecule has 1 atom stereocenters. The van der Waals surface area contributed by atoms with Gasteiger partial charge in [-0.05, 0) is 38.3 Å². The zero-order chi connectivity index (χ0) is 21.6. The minimum atomic E-state index is -0.413. The fourth-order valence-electron chi connectivity index (χ4n) is 4.07. The van der Waals surface area contributed by atoms with Gasteiger partial charge in [0, 0.05) is 38.8 Å². The van der Waals surface area contributed by atoms with Gasteiger partial charge < -0.3 is 15.2 Å². The van der Waals surface area contributed by atoms with Crippen molar-refractivity contribution in [2.24, 2.45) is 14.1 Å². The Balaban J connectivity index is 1.57. The molecule has 1 saturated heterocycles. The van der Waals surface area contributed by atoms with Gasteiger partial charge in [-0.25, -0.2) is 14.6 Å². The van der Waals surface area contributed by atoms with Gasteiger partial charge in [0.05, 0.1) is 0 Å². The number of H-pyrrole nitrogens is 1. The van der Waals surface area contributed by atoms with Crippen LogP contribution in [0.1, 0.15) is 35.7 Å². The summed E-state index contributed by atoms with van der Waals surface area (Å²) in [7, 11) is 3.05. The number of imidazole rings is 1. The van der Waals surface area contributed by atoms with E-state index in [1.807, 2.05) is 32.0 Å². The third-order valence-electron chi connectivity index (χ3n) is 5.83. The third-order valence-corrected chi connectivity index (χ3v) is 5.83. The molecule has 1 unspecified atom stereocenters. The lowest BCUT2D eigenvalue weighted by Crippen LogP contribution is -2.42. The smallest absolute Gasteiger partial charge is 0.332 e. The molecule has 0 saturated carbocycles. The van der Waals surface area contributed by atoms with Gasteiger partial charge in [0.15, 0.2) is 5.65 Å². The Hall–Kier alpha value is -3.36. The second kappa shape index (κ2) is 7.47. The van der Waals surface area contributed by atoms with E-state index in [0.717, 1.165) is 34.2 Å². The molecule has 30 heavy (non-hydrogen) atoms. The van der Waals surface area contributed by atoms with Gasteiger partial charge in [0.1, 0.15) is 11.3 Å². The van der Waals surface area contributed by atoms with Crippen LogP contribution in [0, 0.1) is 13.8 Å². The Morgan fingerprint density at radius 3 is 2.70 bits per heavy atom. The highest BCUT2D eigenvalue weighted by Gasteiger charge is 2.28. The first kappa shape index (κ1) is 19.9. The van der Waals surface area contributed by atoms with Crippen LogP contribution < -0.4 is 16.6 Å². The minimum absolute atomic E-state index is 0.0316. The number of carbonyl (C=O) groups excluding carboxylic acids is 1. The van der Waals surface area contributed by atoms with Crippen molar-refractivity contribution < 1.29 is 4.79 Å². The van der Waals surface area contributed by atoms with E-state index in [1.54, 1.807) is 11.9 Å². The molecule has 9 heteroatoms. The van der Waals surface area contributed by atoms with E-state index in [2.05, 4.69) is 15.3 Å². The molecule has 1 aromatic carbocycles. The summed E-state index contributed by atoms with van der Waals surface area (Å²) in [6.45, 7) is 5.14. The number of likely N-dealkylation sites (tertiary alicyclic amines) is 1. The fourth-order valence-corrected chi connectivity index (χ4v) is 4.07. The van der Waals surface area contributed by atoms with Gasteiger partial charge in [-0.1, -0.05) is 17.7 Å². The largest absolute Gasteiger partial charge is 0.336 e. The van der Waals surface area contributed by atoms with E-state index in [-0.39, 0.29) is 11.9 Å². The van der Waals surface area contributed by atoms with Crippen molar-refractivity contribution in [2.45, 2.75) is 32.6 Å². The molecule has 4 rings (SSSR count). The van der Waals surface area contributed by atoms with Crippen molar-refractivity contribution in [1.82, 2.24) is 24.0 Å². The summed E-state index contributed by atoms with van der Waals surface area (Å²) in [6, 6.07) is 5.78. The number of anilines is 1. The summed E-state index contributed by atoms with van der Waals surface area (Å²) in [5.41, 5.74) is 2.81. The molecule has 9 nitrogen and oxygen atoms in total. The maximum atomic E-state index is 12.8. The number of urea groups is 1. The lowest BCUT2D eigenvalue weighted by atomic mass is 9.97. The van der Waals surface area contributed by atoms with Crippen LogP contribution in [0.5, 0.6) is 0 Å². The third kappa shape index (κ3) is 3.40. The fraction of sp³-hybridized carbons (Fsp3) is 0.429. The molecule has 0 bridgehead atoms. The molecule has 2 aromatic heterocycles. The first-order valence-electron chi connectivity index (χ1n) is 10.0. The highest BCUT2D eigenvalue weighted by atomic mass is 16.2.